The third-order valence-electron chi connectivity index (χ3n) is 2.19. The highest BCUT2D eigenvalue weighted by atomic mass is 19.4. The molecule has 0 aliphatic carbocycles. The molecule has 10 heteroatoms. The Morgan fingerprint density at radius 3 is 2.17 bits per heavy atom. The van der Waals surface area contributed by atoms with Crippen LogP contribution in [0.3, 0.4) is 0 Å². The van der Waals surface area contributed by atoms with E-state index in [2.05, 4.69) is 0 Å². The van der Waals surface area contributed by atoms with Gasteiger partial charge in [-0.2, -0.15) is 13.2 Å². The van der Waals surface area contributed by atoms with E-state index in [1.807, 2.05) is 0 Å². The maximum Gasteiger partial charge on any atom is 0.471 e. The first-order chi connectivity index (χ1) is 8.07. The number of carbonyl (C=O) groups is 1. The van der Waals surface area contributed by atoms with E-state index in [4.69, 9.17) is 5.73 Å². The molecule has 1 aromatic rings. The van der Waals surface area contributed by atoms with Crippen LogP contribution >= 0.6 is 0 Å². The largest absolute Gasteiger partial charge is 0.471 e. The summed E-state index contributed by atoms with van der Waals surface area (Å²) in [6.07, 6.45) is -5.15. The lowest BCUT2D eigenvalue weighted by Gasteiger charge is -2.14. The Balaban J connectivity index is 3.41. The van der Waals surface area contributed by atoms with Gasteiger partial charge in [0.2, 0.25) is 0 Å². The Morgan fingerprint density at radius 2 is 1.72 bits per heavy atom. The van der Waals surface area contributed by atoms with Gasteiger partial charge >= 0.3 is 17.8 Å². The molecular weight excluding hydrogens is 257 g/mol. The molecule has 0 spiro atoms. The smallest absolute Gasteiger partial charge is 0.391 e. The van der Waals surface area contributed by atoms with Crippen LogP contribution in [0.15, 0.2) is 9.59 Å². The van der Waals surface area contributed by atoms with Gasteiger partial charge in [0.1, 0.15) is 11.5 Å². The number of aromatic nitrogens is 2. The number of nitrogens with zero attached hydrogens (tertiary/aromatic N) is 2. The molecule has 0 unspecified atom stereocenters. The Kier molecular flexibility index (Phi) is 3.22. The molecular formula is C8H9F3N4O3. The van der Waals surface area contributed by atoms with E-state index >= 15 is 0 Å². The number of nitrogens with one attached hydrogen (secondary N) is 1. The number of halogens is 3. The standard InChI is InChI=1S/C8H9F3N4O3/c1-14-4(13-6(17)8(9,10)11)3(12)5(16)15(2)7(14)18/h12H2,1-2H3,(H,13,17). The summed E-state index contributed by atoms with van der Waals surface area (Å²) < 4.78 is 37.4. The van der Waals surface area contributed by atoms with Gasteiger partial charge in [-0.3, -0.25) is 18.7 Å². The third kappa shape index (κ3) is 2.21. The lowest BCUT2D eigenvalue weighted by Crippen LogP contribution is -2.41. The molecule has 0 atom stereocenters. The van der Waals surface area contributed by atoms with Crippen molar-refractivity contribution in [1.82, 2.24) is 9.13 Å². The molecule has 0 radical (unpaired) electrons. The number of hydrogen-bond acceptors (Lipinski definition) is 4. The van der Waals surface area contributed by atoms with Crippen LogP contribution in [-0.4, -0.2) is 21.2 Å². The molecule has 0 aliphatic rings. The van der Waals surface area contributed by atoms with Gasteiger partial charge in [-0.1, -0.05) is 0 Å². The van der Waals surface area contributed by atoms with Crippen LogP contribution < -0.4 is 22.3 Å². The maximum absolute atomic E-state index is 12.1. The molecule has 0 fully saturated rings. The van der Waals surface area contributed by atoms with Gasteiger partial charge < -0.3 is 11.1 Å². The minimum Gasteiger partial charge on any atom is -0.391 e. The molecule has 0 bridgehead atoms. The van der Waals surface area contributed by atoms with Crippen LogP contribution in [0.25, 0.3) is 0 Å². The fraction of sp³-hybridized carbons (Fsp3) is 0.375. The fourth-order valence-electron chi connectivity index (χ4n) is 1.20. The minimum absolute atomic E-state index is 0.610. The first-order valence-electron chi connectivity index (χ1n) is 4.51. The number of anilines is 2. The van der Waals surface area contributed by atoms with Crippen molar-refractivity contribution < 1.29 is 18.0 Å². The number of hydrogen-bond donors (Lipinski definition) is 2. The summed E-state index contributed by atoms with van der Waals surface area (Å²) in [4.78, 5) is 33.5. The Labute approximate surface area is 97.6 Å². The summed E-state index contributed by atoms with van der Waals surface area (Å²) in [5.41, 5.74) is 2.71. The number of nitrogen functional groups attached to an aromatic ring is 1. The zero-order valence-corrected chi connectivity index (χ0v) is 9.33. The van der Waals surface area contributed by atoms with Crippen molar-refractivity contribution in [1.29, 1.82) is 0 Å². The van der Waals surface area contributed by atoms with E-state index in [-0.39, 0.29) is 0 Å². The van der Waals surface area contributed by atoms with Gasteiger partial charge in [0.15, 0.2) is 0 Å². The van der Waals surface area contributed by atoms with E-state index in [9.17, 15) is 27.6 Å². The van der Waals surface area contributed by atoms with Gasteiger partial charge in [-0.15, -0.1) is 0 Å². The molecule has 100 valence electrons. The van der Waals surface area contributed by atoms with Crippen molar-refractivity contribution in [2.45, 2.75) is 6.18 Å². The number of nitrogens with two attached hydrogens (primary N) is 1. The zero-order chi connectivity index (χ0) is 14.2. The van der Waals surface area contributed by atoms with E-state index in [0.29, 0.717) is 9.13 Å². The SMILES string of the molecule is Cn1c(NC(=O)C(F)(F)F)c(N)c(=O)n(C)c1=O. The predicted molar refractivity (Wildman–Crippen MR) is 56.0 cm³/mol. The molecule has 18 heavy (non-hydrogen) atoms. The second kappa shape index (κ2) is 4.20. The van der Waals surface area contributed by atoms with E-state index in [1.165, 1.54) is 5.32 Å². The van der Waals surface area contributed by atoms with Crippen molar-refractivity contribution in [3.05, 3.63) is 20.8 Å². The average molecular weight is 266 g/mol. The van der Waals surface area contributed by atoms with Crippen molar-refractivity contribution in [3.8, 4) is 0 Å². The van der Waals surface area contributed by atoms with Gasteiger partial charge in [-0.25, -0.2) is 4.79 Å². The first kappa shape index (κ1) is 13.8. The molecule has 7 nitrogen and oxygen atoms in total. The number of alkyl halides is 3. The Bertz CT molecular complexity index is 576. The first-order valence-corrected chi connectivity index (χ1v) is 4.51. The van der Waals surface area contributed by atoms with E-state index in [0.717, 1.165) is 14.1 Å². The topological polar surface area (TPSA) is 99.1 Å². The Hall–Kier alpha value is -2.26. The lowest BCUT2D eigenvalue weighted by atomic mass is 10.4. The van der Waals surface area contributed by atoms with Crippen molar-refractivity contribution in [2.24, 2.45) is 14.1 Å². The van der Waals surface area contributed by atoms with Gasteiger partial charge in [-0.05, 0) is 0 Å². The molecule has 0 saturated carbocycles. The quantitative estimate of drug-likeness (QED) is 0.692. The van der Waals surface area contributed by atoms with Crippen LogP contribution in [0, 0.1) is 0 Å². The van der Waals surface area contributed by atoms with Gasteiger partial charge in [0.25, 0.3) is 5.56 Å². The van der Waals surface area contributed by atoms with Crippen LogP contribution in [0.2, 0.25) is 0 Å². The molecule has 1 rings (SSSR count). The lowest BCUT2D eigenvalue weighted by molar-refractivity contribution is -0.167. The van der Waals surface area contributed by atoms with E-state index < -0.39 is 34.8 Å². The maximum atomic E-state index is 12.1. The van der Waals surface area contributed by atoms with Crippen LogP contribution in [0.4, 0.5) is 24.7 Å². The molecule has 0 aliphatic heterocycles. The summed E-state index contributed by atoms with van der Waals surface area (Å²) in [6, 6.07) is 0. The zero-order valence-electron chi connectivity index (χ0n) is 9.33. The second-order valence-electron chi connectivity index (χ2n) is 3.42. The molecule has 3 N–H and O–H groups in total. The minimum atomic E-state index is -5.15. The van der Waals surface area contributed by atoms with Crippen molar-refractivity contribution >= 4 is 17.4 Å². The fourth-order valence-corrected chi connectivity index (χ4v) is 1.20. The van der Waals surface area contributed by atoms with Crippen molar-refractivity contribution in [2.75, 3.05) is 11.1 Å². The second-order valence-corrected chi connectivity index (χ2v) is 3.42. The summed E-state index contributed by atoms with van der Waals surface area (Å²) in [5.74, 6) is -3.01. The number of amides is 1. The molecule has 0 saturated heterocycles. The average Bonchev–Trinajstić information content (AvgIpc) is 2.28. The highest BCUT2D eigenvalue weighted by Crippen LogP contribution is 2.19. The predicted octanol–water partition coefficient (Wildman–Crippen LogP) is -0.833. The molecule has 0 aromatic carbocycles. The van der Waals surface area contributed by atoms with E-state index in [1.54, 1.807) is 0 Å². The number of carbonyl (C=O) groups excluding carboxylic acids is 1. The summed E-state index contributed by atoms with van der Waals surface area (Å²) >= 11 is 0. The summed E-state index contributed by atoms with van der Waals surface area (Å²) in [6.45, 7) is 0. The van der Waals surface area contributed by atoms with Crippen LogP contribution in [-0.2, 0) is 18.9 Å². The van der Waals surface area contributed by atoms with Gasteiger partial charge in [0, 0.05) is 14.1 Å². The molecule has 1 amide bonds. The molecule has 1 heterocycles. The van der Waals surface area contributed by atoms with Crippen molar-refractivity contribution in [3.63, 3.8) is 0 Å². The highest BCUT2D eigenvalue weighted by molar-refractivity contribution is 5.96. The normalized spacial score (nSPS) is 11.4. The third-order valence-corrected chi connectivity index (χ3v) is 2.19. The summed E-state index contributed by atoms with van der Waals surface area (Å²) in [7, 11) is 2.18. The van der Waals surface area contributed by atoms with Crippen LogP contribution in [0.1, 0.15) is 0 Å². The summed E-state index contributed by atoms with van der Waals surface area (Å²) in [5, 5.41) is 1.39. The molecule has 1 aromatic heterocycles. The van der Waals surface area contributed by atoms with Gasteiger partial charge in [0.05, 0.1) is 0 Å². The number of rotatable bonds is 1. The monoisotopic (exact) mass is 266 g/mol. The van der Waals surface area contributed by atoms with Crippen LogP contribution in [0.5, 0.6) is 0 Å². The Morgan fingerprint density at radius 1 is 1.22 bits per heavy atom. The highest BCUT2D eigenvalue weighted by Gasteiger charge is 2.39.